The third kappa shape index (κ3) is 5.96. The zero-order chi connectivity index (χ0) is 23.3. The Morgan fingerprint density at radius 2 is 1.79 bits per heavy atom. The number of hydrogen-bond donors (Lipinski definition) is 1. The van der Waals surface area contributed by atoms with Crippen LogP contribution in [0, 0.1) is 0 Å². The first kappa shape index (κ1) is 22.9. The Kier molecular flexibility index (Phi) is 7.05. The zero-order valence-corrected chi connectivity index (χ0v) is 19.3. The number of rotatable bonds is 8. The number of nitrogens with one attached hydrogen (secondary N) is 1. The van der Waals surface area contributed by atoms with E-state index in [1.165, 1.54) is 16.2 Å². The molecule has 1 aliphatic heterocycles. The molecule has 172 valence electrons. The molecule has 0 radical (unpaired) electrons. The molecule has 0 aliphatic carbocycles. The molecule has 2 aromatic carbocycles. The maximum Gasteiger partial charge on any atom is 0.358 e. The van der Waals surface area contributed by atoms with E-state index in [1.54, 1.807) is 29.6 Å². The van der Waals surface area contributed by atoms with Gasteiger partial charge in [-0.05, 0) is 24.1 Å². The Morgan fingerprint density at radius 1 is 1.09 bits per heavy atom. The zero-order valence-electron chi connectivity index (χ0n) is 17.7. The maximum absolute atomic E-state index is 13.0. The average Bonchev–Trinajstić information content (AvgIpc) is 3.44. The van der Waals surface area contributed by atoms with Gasteiger partial charge in [0.05, 0.1) is 17.5 Å². The number of carbonyl (C=O) groups is 2. The minimum atomic E-state index is -3.20. The van der Waals surface area contributed by atoms with Gasteiger partial charge in [-0.3, -0.25) is 4.79 Å². The van der Waals surface area contributed by atoms with E-state index in [9.17, 15) is 18.0 Å². The number of para-hydroxylation sites is 1. The van der Waals surface area contributed by atoms with Crippen molar-refractivity contribution in [2.45, 2.75) is 19.0 Å². The molecule has 10 heteroatoms. The number of ether oxygens (including phenoxy) is 1. The summed E-state index contributed by atoms with van der Waals surface area (Å²) in [6, 6.07) is 18.1. The van der Waals surface area contributed by atoms with Crippen LogP contribution in [0.15, 0.2) is 66.0 Å². The van der Waals surface area contributed by atoms with E-state index >= 15 is 0 Å². The van der Waals surface area contributed by atoms with Gasteiger partial charge in [0.15, 0.2) is 27.3 Å². The van der Waals surface area contributed by atoms with E-state index in [0.717, 1.165) is 5.56 Å². The summed E-state index contributed by atoms with van der Waals surface area (Å²) in [5.41, 5.74) is 1.76. The minimum Gasteiger partial charge on any atom is -0.451 e. The lowest BCUT2D eigenvalue weighted by Crippen LogP contribution is -2.43. The molecule has 1 atom stereocenters. The largest absolute Gasteiger partial charge is 0.451 e. The van der Waals surface area contributed by atoms with Crippen molar-refractivity contribution in [1.82, 2.24) is 4.98 Å². The number of nitrogens with zero attached hydrogens (tertiary/aromatic N) is 2. The van der Waals surface area contributed by atoms with Crippen molar-refractivity contribution in [3.63, 3.8) is 0 Å². The number of anilines is 2. The van der Waals surface area contributed by atoms with Gasteiger partial charge in [0.25, 0.3) is 5.91 Å². The Morgan fingerprint density at radius 3 is 2.45 bits per heavy atom. The Bertz CT molecular complexity index is 1210. The van der Waals surface area contributed by atoms with Crippen molar-refractivity contribution < 1.29 is 22.7 Å². The van der Waals surface area contributed by atoms with Crippen LogP contribution in [0.25, 0.3) is 0 Å². The molecule has 2 heterocycles. The van der Waals surface area contributed by atoms with E-state index in [2.05, 4.69) is 10.3 Å². The molecule has 1 aromatic heterocycles. The van der Waals surface area contributed by atoms with Gasteiger partial charge >= 0.3 is 5.97 Å². The monoisotopic (exact) mass is 485 g/mol. The van der Waals surface area contributed by atoms with Crippen molar-refractivity contribution >= 4 is 43.9 Å². The fourth-order valence-electron chi connectivity index (χ4n) is 3.62. The van der Waals surface area contributed by atoms with Crippen molar-refractivity contribution in [3.05, 3.63) is 77.3 Å². The van der Waals surface area contributed by atoms with Gasteiger partial charge in [-0.15, -0.1) is 11.3 Å². The highest BCUT2D eigenvalue weighted by molar-refractivity contribution is 7.91. The molecule has 1 fully saturated rings. The first-order valence-corrected chi connectivity index (χ1v) is 13.1. The quantitative estimate of drug-likeness (QED) is 0.489. The van der Waals surface area contributed by atoms with E-state index in [-0.39, 0.29) is 17.2 Å². The van der Waals surface area contributed by atoms with Gasteiger partial charge in [-0.2, -0.15) is 0 Å². The number of hydrogen-bond acceptors (Lipinski definition) is 8. The third-order valence-corrected chi connectivity index (χ3v) is 7.75. The van der Waals surface area contributed by atoms with E-state index in [4.69, 9.17) is 4.74 Å². The fourth-order valence-corrected chi connectivity index (χ4v) is 6.00. The minimum absolute atomic E-state index is 0.0334. The second-order valence-corrected chi connectivity index (χ2v) is 10.7. The maximum atomic E-state index is 13.0. The Hall–Kier alpha value is -3.24. The van der Waals surface area contributed by atoms with Crippen LogP contribution < -0.4 is 10.2 Å². The molecular formula is C23H23N3O5S2. The molecule has 1 N–H and O–H groups in total. The first-order chi connectivity index (χ1) is 15.9. The van der Waals surface area contributed by atoms with Gasteiger partial charge in [0.1, 0.15) is 0 Å². The third-order valence-electron chi connectivity index (χ3n) is 5.20. The molecule has 4 rings (SSSR count). The smallest absolute Gasteiger partial charge is 0.358 e. The van der Waals surface area contributed by atoms with Gasteiger partial charge in [0.2, 0.25) is 0 Å². The molecule has 8 nitrogen and oxygen atoms in total. The van der Waals surface area contributed by atoms with E-state index < -0.39 is 34.4 Å². The number of esters is 1. The van der Waals surface area contributed by atoms with Gasteiger partial charge in [-0.25, -0.2) is 18.2 Å². The SMILES string of the molecule is O=C(OCC(=O)N(c1ccccc1)[C@@H]1CCS(=O)(=O)C1)c1csc(NCc2ccccc2)n1. The van der Waals surface area contributed by atoms with E-state index in [1.807, 2.05) is 36.4 Å². The highest BCUT2D eigenvalue weighted by atomic mass is 32.2. The molecule has 1 aliphatic rings. The number of sulfone groups is 1. The predicted molar refractivity (Wildman–Crippen MR) is 127 cm³/mol. The molecule has 0 saturated carbocycles. The van der Waals surface area contributed by atoms with Crippen LogP contribution in [0.3, 0.4) is 0 Å². The number of aromatic nitrogens is 1. The lowest BCUT2D eigenvalue weighted by atomic mass is 10.2. The summed E-state index contributed by atoms with van der Waals surface area (Å²) in [6.07, 6.45) is 0.347. The van der Waals surface area contributed by atoms with Crippen molar-refractivity contribution in [3.8, 4) is 0 Å². The highest BCUT2D eigenvalue weighted by Gasteiger charge is 2.35. The van der Waals surface area contributed by atoms with Crippen LogP contribution in [0.1, 0.15) is 22.5 Å². The second kappa shape index (κ2) is 10.1. The van der Waals surface area contributed by atoms with Crippen molar-refractivity contribution in [1.29, 1.82) is 0 Å². The summed E-state index contributed by atoms with van der Waals surface area (Å²) in [5, 5.41) is 5.29. The summed E-state index contributed by atoms with van der Waals surface area (Å²) in [4.78, 5) is 31.1. The van der Waals surface area contributed by atoms with Gasteiger partial charge < -0.3 is 15.0 Å². The van der Waals surface area contributed by atoms with Crippen LogP contribution in [0.5, 0.6) is 0 Å². The molecule has 0 unspecified atom stereocenters. The number of carbonyl (C=O) groups excluding carboxylic acids is 2. The van der Waals surface area contributed by atoms with Crippen LogP contribution in [0.4, 0.5) is 10.8 Å². The molecule has 1 amide bonds. The van der Waals surface area contributed by atoms with Gasteiger partial charge in [-0.1, -0.05) is 48.5 Å². The van der Waals surface area contributed by atoms with Crippen molar-refractivity contribution in [2.24, 2.45) is 0 Å². The number of thiazole rings is 1. The number of amides is 1. The predicted octanol–water partition coefficient (Wildman–Crippen LogP) is 3.13. The highest BCUT2D eigenvalue weighted by Crippen LogP contribution is 2.25. The fraction of sp³-hybridized carbons (Fsp3) is 0.261. The van der Waals surface area contributed by atoms with Crippen molar-refractivity contribution in [2.75, 3.05) is 28.3 Å². The Labute approximate surface area is 196 Å². The van der Waals surface area contributed by atoms with Gasteiger partial charge in [0, 0.05) is 17.6 Å². The molecule has 0 spiro atoms. The second-order valence-electron chi connectivity index (χ2n) is 7.61. The molecule has 3 aromatic rings. The van der Waals surface area contributed by atoms with E-state index in [0.29, 0.717) is 23.8 Å². The van der Waals surface area contributed by atoms with Crippen LogP contribution in [-0.4, -0.2) is 49.4 Å². The standard InChI is InChI=1S/C23H23N3O5S2/c27-21(26(18-9-5-2-6-10-18)19-11-12-33(29,30)16-19)14-31-22(28)20-15-32-23(25-20)24-13-17-7-3-1-4-8-17/h1-10,15,19H,11-14,16H2,(H,24,25)/t19-/m1/s1. The summed E-state index contributed by atoms with van der Waals surface area (Å²) in [7, 11) is -3.20. The summed E-state index contributed by atoms with van der Waals surface area (Å²) in [6.45, 7) is 0.0617. The number of benzene rings is 2. The normalized spacial score (nSPS) is 16.8. The molecule has 1 saturated heterocycles. The summed E-state index contributed by atoms with van der Waals surface area (Å²) < 4.78 is 29.1. The summed E-state index contributed by atoms with van der Waals surface area (Å²) in [5.74, 6) is -1.26. The van der Waals surface area contributed by atoms with Crippen LogP contribution >= 0.6 is 11.3 Å². The molecule has 33 heavy (non-hydrogen) atoms. The first-order valence-electron chi connectivity index (χ1n) is 10.4. The lowest BCUT2D eigenvalue weighted by molar-refractivity contribution is -0.122. The summed E-state index contributed by atoms with van der Waals surface area (Å²) >= 11 is 1.27. The lowest BCUT2D eigenvalue weighted by Gasteiger charge is -2.28. The molecular weight excluding hydrogens is 462 g/mol. The van der Waals surface area contributed by atoms with Crippen LogP contribution in [-0.2, 0) is 25.9 Å². The molecule has 0 bridgehead atoms. The van der Waals surface area contributed by atoms with Crippen LogP contribution in [0.2, 0.25) is 0 Å². The Balaban J connectivity index is 1.37. The topological polar surface area (TPSA) is 106 Å². The average molecular weight is 486 g/mol.